The number of alkyl carbamates (subject to hydrolysis) is 1. The Morgan fingerprint density at radius 1 is 1.39 bits per heavy atom. The van der Waals surface area contributed by atoms with E-state index in [0.29, 0.717) is 6.42 Å². The summed E-state index contributed by atoms with van der Waals surface area (Å²) in [6.45, 7) is 5.37. The number of amides is 1. The van der Waals surface area contributed by atoms with Crippen molar-refractivity contribution >= 4 is 12.1 Å². The van der Waals surface area contributed by atoms with Crippen molar-refractivity contribution in [2.75, 3.05) is 6.54 Å². The van der Waals surface area contributed by atoms with Crippen molar-refractivity contribution in [1.29, 1.82) is 0 Å². The summed E-state index contributed by atoms with van der Waals surface area (Å²) in [4.78, 5) is 27.9. The van der Waals surface area contributed by atoms with Crippen molar-refractivity contribution < 1.29 is 19.4 Å². The van der Waals surface area contributed by atoms with Crippen LogP contribution in [0, 0.1) is 11.3 Å². The average Bonchev–Trinajstić information content (AvgIpc) is 3.27. The lowest BCUT2D eigenvalue weighted by Crippen LogP contribution is -2.47. The number of pyridine rings is 1. The second-order valence-electron chi connectivity index (χ2n) is 7.13. The highest BCUT2D eigenvalue weighted by Gasteiger charge is 2.51. The van der Waals surface area contributed by atoms with Gasteiger partial charge in [0, 0.05) is 18.9 Å². The van der Waals surface area contributed by atoms with Gasteiger partial charge in [-0.05, 0) is 57.6 Å². The van der Waals surface area contributed by atoms with E-state index in [4.69, 9.17) is 4.74 Å². The summed E-state index contributed by atoms with van der Waals surface area (Å²) < 4.78 is 5.21. The molecular formula is C17H24N2O4. The van der Waals surface area contributed by atoms with Crippen molar-refractivity contribution in [3.05, 3.63) is 30.1 Å². The van der Waals surface area contributed by atoms with Crippen molar-refractivity contribution in [2.24, 2.45) is 11.3 Å². The van der Waals surface area contributed by atoms with E-state index in [2.05, 4.69) is 10.3 Å². The maximum absolute atomic E-state index is 12.0. The normalized spacial score (nSPS) is 17.2. The predicted octanol–water partition coefficient (Wildman–Crippen LogP) is 2.63. The van der Waals surface area contributed by atoms with E-state index in [1.165, 1.54) is 0 Å². The number of carbonyl (C=O) groups is 2. The molecule has 0 spiro atoms. The van der Waals surface area contributed by atoms with E-state index in [-0.39, 0.29) is 12.5 Å². The monoisotopic (exact) mass is 320 g/mol. The molecule has 0 bridgehead atoms. The second kappa shape index (κ2) is 6.56. The standard InChI is InChI=1S/C17H24N2O4/c1-16(2,3)23-15(22)19-11-17(14(20)21,13-6-7-13)9-12-5-4-8-18-10-12/h4-5,8,10,13H,6-7,9,11H2,1-3H3,(H,19,22)(H,20,21). The topological polar surface area (TPSA) is 88.5 Å². The fourth-order valence-electron chi connectivity index (χ4n) is 2.72. The molecule has 1 fully saturated rings. The molecule has 1 aliphatic rings. The van der Waals surface area contributed by atoms with E-state index in [0.717, 1.165) is 18.4 Å². The Balaban J connectivity index is 2.11. The van der Waals surface area contributed by atoms with Crippen LogP contribution < -0.4 is 5.32 Å². The van der Waals surface area contributed by atoms with Gasteiger partial charge in [-0.2, -0.15) is 0 Å². The Kier molecular flexibility index (Phi) is 4.92. The lowest BCUT2D eigenvalue weighted by atomic mass is 9.77. The van der Waals surface area contributed by atoms with Crippen LogP contribution in [0.1, 0.15) is 39.2 Å². The van der Waals surface area contributed by atoms with Crippen LogP contribution in [-0.2, 0) is 16.0 Å². The van der Waals surface area contributed by atoms with Crippen LogP contribution >= 0.6 is 0 Å². The molecule has 2 N–H and O–H groups in total. The minimum absolute atomic E-state index is 0.0524. The highest BCUT2D eigenvalue weighted by molar-refractivity contribution is 5.78. The number of rotatable bonds is 6. The number of aromatic nitrogens is 1. The molecule has 0 radical (unpaired) electrons. The minimum atomic E-state index is -1.01. The van der Waals surface area contributed by atoms with Crippen LogP contribution in [0.5, 0.6) is 0 Å². The van der Waals surface area contributed by atoms with Crippen molar-refractivity contribution in [1.82, 2.24) is 10.3 Å². The van der Waals surface area contributed by atoms with Crippen molar-refractivity contribution in [3.8, 4) is 0 Å². The lowest BCUT2D eigenvalue weighted by Gasteiger charge is -2.30. The zero-order valence-corrected chi connectivity index (χ0v) is 13.8. The Morgan fingerprint density at radius 2 is 2.09 bits per heavy atom. The van der Waals surface area contributed by atoms with Crippen LogP contribution in [0.4, 0.5) is 4.79 Å². The average molecular weight is 320 g/mol. The molecule has 0 saturated heterocycles. The van der Waals surface area contributed by atoms with Gasteiger partial charge in [0.2, 0.25) is 0 Å². The summed E-state index contributed by atoms with van der Waals surface area (Å²) in [6.07, 6.45) is 4.81. The molecule has 1 aromatic rings. The molecule has 6 nitrogen and oxygen atoms in total. The van der Waals surface area contributed by atoms with E-state index < -0.39 is 23.1 Å². The SMILES string of the molecule is CC(C)(C)OC(=O)NCC(Cc1cccnc1)(C(=O)O)C1CC1. The van der Waals surface area contributed by atoms with Gasteiger partial charge in [-0.25, -0.2) is 4.79 Å². The van der Waals surface area contributed by atoms with Gasteiger partial charge in [-0.1, -0.05) is 6.07 Å². The first-order chi connectivity index (χ1) is 10.7. The summed E-state index contributed by atoms with van der Waals surface area (Å²) in [5.74, 6) is -0.824. The summed E-state index contributed by atoms with van der Waals surface area (Å²) >= 11 is 0. The zero-order chi connectivity index (χ0) is 17.1. The molecule has 1 amide bonds. The van der Waals surface area contributed by atoms with Gasteiger partial charge in [0.25, 0.3) is 0 Å². The maximum atomic E-state index is 12.0. The summed E-state index contributed by atoms with van der Waals surface area (Å²) in [5, 5.41) is 12.5. The van der Waals surface area contributed by atoms with Gasteiger partial charge in [0.05, 0.1) is 5.41 Å². The molecule has 0 aliphatic heterocycles. The number of nitrogens with zero attached hydrogens (tertiary/aromatic N) is 1. The van der Waals surface area contributed by atoms with E-state index in [1.807, 2.05) is 6.07 Å². The number of aliphatic carboxylic acids is 1. The highest BCUT2D eigenvalue weighted by atomic mass is 16.6. The number of hydrogen-bond acceptors (Lipinski definition) is 4. The maximum Gasteiger partial charge on any atom is 0.407 e. The number of carboxylic acid groups (broad SMARTS) is 1. The Morgan fingerprint density at radius 3 is 2.57 bits per heavy atom. The number of carboxylic acids is 1. The summed E-state index contributed by atoms with van der Waals surface area (Å²) in [7, 11) is 0. The van der Waals surface area contributed by atoms with Gasteiger partial charge in [-0.3, -0.25) is 9.78 Å². The second-order valence-corrected chi connectivity index (χ2v) is 7.13. The third-order valence-electron chi connectivity index (χ3n) is 3.97. The first-order valence-corrected chi connectivity index (χ1v) is 7.82. The molecule has 1 aliphatic carbocycles. The molecular weight excluding hydrogens is 296 g/mol. The summed E-state index contributed by atoms with van der Waals surface area (Å²) in [5.41, 5.74) is -0.772. The van der Waals surface area contributed by atoms with Gasteiger partial charge < -0.3 is 15.2 Å². The minimum Gasteiger partial charge on any atom is -0.481 e. The lowest BCUT2D eigenvalue weighted by molar-refractivity contribution is -0.150. The molecule has 1 unspecified atom stereocenters. The molecule has 1 saturated carbocycles. The highest BCUT2D eigenvalue weighted by Crippen LogP contribution is 2.47. The fraction of sp³-hybridized carbons (Fsp3) is 0.588. The molecule has 6 heteroatoms. The van der Waals surface area contributed by atoms with E-state index in [1.54, 1.807) is 39.2 Å². The largest absolute Gasteiger partial charge is 0.481 e. The molecule has 0 aromatic carbocycles. The Bertz CT molecular complexity index is 564. The van der Waals surface area contributed by atoms with Gasteiger partial charge in [0.1, 0.15) is 5.60 Å². The van der Waals surface area contributed by atoms with Crippen molar-refractivity contribution in [3.63, 3.8) is 0 Å². The first-order valence-electron chi connectivity index (χ1n) is 7.82. The van der Waals surface area contributed by atoms with Gasteiger partial charge in [-0.15, -0.1) is 0 Å². The molecule has 1 heterocycles. The number of ether oxygens (including phenoxy) is 1. The quantitative estimate of drug-likeness (QED) is 0.841. The van der Waals surface area contributed by atoms with Crippen LogP contribution in [0.3, 0.4) is 0 Å². The molecule has 2 rings (SSSR count). The van der Waals surface area contributed by atoms with E-state index >= 15 is 0 Å². The summed E-state index contributed by atoms with van der Waals surface area (Å²) in [6, 6.07) is 3.65. The number of nitrogens with one attached hydrogen (secondary N) is 1. The Labute approximate surface area is 136 Å². The Hall–Kier alpha value is -2.11. The van der Waals surface area contributed by atoms with Crippen molar-refractivity contribution in [2.45, 2.75) is 45.6 Å². The van der Waals surface area contributed by atoms with Crippen LogP contribution in [0.2, 0.25) is 0 Å². The molecule has 126 valence electrons. The number of carbonyl (C=O) groups excluding carboxylic acids is 1. The number of hydrogen-bond donors (Lipinski definition) is 2. The van der Waals surface area contributed by atoms with Crippen LogP contribution in [-0.4, -0.2) is 34.3 Å². The van der Waals surface area contributed by atoms with Gasteiger partial charge in [0.15, 0.2) is 0 Å². The smallest absolute Gasteiger partial charge is 0.407 e. The van der Waals surface area contributed by atoms with Crippen LogP contribution in [0.25, 0.3) is 0 Å². The molecule has 1 aromatic heterocycles. The third kappa shape index (κ3) is 4.68. The van der Waals surface area contributed by atoms with Crippen LogP contribution in [0.15, 0.2) is 24.5 Å². The van der Waals surface area contributed by atoms with Gasteiger partial charge >= 0.3 is 12.1 Å². The van der Waals surface area contributed by atoms with E-state index in [9.17, 15) is 14.7 Å². The molecule has 1 atom stereocenters. The third-order valence-corrected chi connectivity index (χ3v) is 3.97. The first kappa shape index (κ1) is 17.2. The predicted molar refractivity (Wildman–Crippen MR) is 85.0 cm³/mol. The fourth-order valence-corrected chi connectivity index (χ4v) is 2.72. The molecule has 23 heavy (non-hydrogen) atoms. The zero-order valence-electron chi connectivity index (χ0n) is 13.8.